The Labute approximate surface area is 203 Å². The molecule has 1 saturated heterocycles. The van der Waals surface area contributed by atoms with Gasteiger partial charge in [-0.05, 0) is 61.5 Å². The van der Waals surface area contributed by atoms with Crippen molar-refractivity contribution in [2.24, 2.45) is 28.5 Å². The zero-order valence-corrected chi connectivity index (χ0v) is 20.1. The number of nitrogens with two attached hydrogens (primary N) is 1. The van der Waals surface area contributed by atoms with Crippen molar-refractivity contribution in [3.8, 4) is 0 Å². The lowest BCUT2D eigenvalue weighted by Crippen LogP contribution is -2.56. The van der Waals surface area contributed by atoms with Gasteiger partial charge >= 0.3 is 0 Å². The van der Waals surface area contributed by atoms with E-state index in [-0.39, 0.29) is 11.4 Å². The van der Waals surface area contributed by atoms with Gasteiger partial charge in [0.05, 0.1) is 0 Å². The van der Waals surface area contributed by atoms with Crippen molar-refractivity contribution in [3.63, 3.8) is 0 Å². The maximum atomic E-state index is 12.8. The van der Waals surface area contributed by atoms with E-state index in [1.54, 1.807) is 0 Å². The molecule has 2 N–H and O–H groups in total. The van der Waals surface area contributed by atoms with Crippen LogP contribution in [0.25, 0.3) is 0 Å². The molecule has 2 aromatic rings. The fourth-order valence-corrected chi connectivity index (χ4v) is 7.94. The van der Waals surface area contributed by atoms with Crippen LogP contribution in [0.3, 0.4) is 0 Å². The number of rotatable bonds is 7. The molecule has 4 bridgehead atoms. The largest absolute Gasteiger partial charge is 0.368 e. The topological polar surface area (TPSA) is 58.7 Å². The molecule has 0 radical (unpaired) electrons. The molecule has 4 atom stereocenters. The van der Waals surface area contributed by atoms with Gasteiger partial charge in [0.2, 0.25) is 5.91 Å². The number of nitrogens with zero attached hydrogens (tertiary/aromatic N) is 2. The summed E-state index contributed by atoms with van der Waals surface area (Å²) in [6, 6.07) is 22.4. The van der Waals surface area contributed by atoms with E-state index in [0.717, 1.165) is 38.1 Å². The highest BCUT2D eigenvalue weighted by molar-refractivity contribution is 5.89. The minimum atomic E-state index is -0.718. The Balaban J connectivity index is 1.46. The Morgan fingerprint density at radius 2 is 1.53 bits per heavy atom. The highest BCUT2D eigenvalue weighted by Crippen LogP contribution is 2.58. The molecule has 3 heterocycles. The second kappa shape index (κ2) is 8.64. The number of benzene rings is 2. The van der Waals surface area contributed by atoms with Crippen molar-refractivity contribution >= 4 is 12.1 Å². The van der Waals surface area contributed by atoms with Crippen LogP contribution in [0.15, 0.2) is 65.7 Å². The minimum Gasteiger partial charge on any atom is -0.368 e. The molecule has 4 heteroatoms. The lowest BCUT2D eigenvalue weighted by atomic mass is 9.61. The minimum absolute atomic E-state index is 0.0286. The summed E-state index contributed by atoms with van der Waals surface area (Å²) in [5, 5.41) is 0. The molecular weight excluding hydrogens is 418 g/mol. The van der Waals surface area contributed by atoms with Gasteiger partial charge in [0.25, 0.3) is 0 Å². The van der Waals surface area contributed by atoms with Crippen LogP contribution in [0.5, 0.6) is 0 Å². The SMILES string of the molecule is NC(=O)C12CC3C(C=N1)C(C2)C(Cc1ccccc1)(Cc1ccccc1)N3CC1CCCCC1. The lowest BCUT2D eigenvalue weighted by Gasteiger charge is -2.46. The maximum Gasteiger partial charge on any atom is 0.245 e. The number of carbonyl (C=O) groups is 1. The van der Waals surface area contributed by atoms with Crippen molar-refractivity contribution in [2.45, 2.75) is 74.9 Å². The van der Waals surface area contributed by atoms with Gasteiger partial charge in [-0.3, -0.25) is 14.7 Å². The molecule has 4 unspecified atom stereocenters. The molecular formula is C30H37N3O. The Bertz CT molecular complexity index is 1000. The first-order valence-electron chi connectivity index (χ1n) is 13.3. The summed E-state index contributed by atoms with van der Waals surface area (Å²) in [4.78, 5) is 20.5. The third-order valence-corrected chi connectivity index (χ3v) is 9.51. The number of primary amides is 1. The van der Waals surface area contributed by atoms with Crippen molar-refractivity contribution < 1.29 is 4.79 Å². The number of amides is 1. The van der Waals surface area contributed by atoms with Crippen molar-refractivity contribution in [1.29, 1.82) is 0 Å². The van der Waals surface area contributed by atoms with Crippen molar-refractivity contribution in [2.75, 3.05) is 6.54 Å². The molecule has 2 aromatic carbocycles. The van der Waals surface area contributed by atoms with E-state index < -0.39 is 5.54 Å². The van der Waals surface area contributed by atoms with Crippen LogP contribution in [0.2, 0.25) is 0 Å². The first-order valence-corrected chi connectivity index (χ1v) is 13.3. The van der Waals surface area contributed by atoms with E-state index in [2.05, 4.69) is 71.8 Å². The van der Waals surface area contributed by atoms with Gasteiger partial charge < -0.3 is 5.73 Å². The standard InChI is InChI=1S/C30H37N3O/c31-28(34)29-18-26-25(20-32-29)27(19-29)33(21-24-14-8-3-9-15-24)30(26,16-22-10-4-1-5-11-22)17-23-12-6-2-7-13-23/h1-2,4-7,10-13,20,24-27H,3,8-9,14-19,21H2,(H2,31,34). The zero-order chi connectivity index (χ0) is 23.2. The Morgan fingerprint density at radius 1 is 0.912 bits per heavy atom. The highest BCUT2D eigenvalue weighted by Gasteiger charge is 2.67. The van der Waals surface area contributed by atoms with E-state index in [1.807, 2.05) is 0 Å². The molecule has 3 aliphatic heterocycles. The molecule has 2 aliphatic carbocycles. The predicted molar refractivity (Wildman–Crippen MR) is 137 cm³/mol. The van der Waals surface area contributed by atoms with Crippen LogP contribution in [0.4, 0.5) is 0 Å². The second-order valence-corrected chi connectivity index (χ2v) is 11.4. The fourth-order valence-electron chi connectivity index (χ4n) is 7.94. The Morgan fingerprint density at radius 3 is 2.12 bits per heavy atom. The summed E-state index contributed by atoms with van der Waals surface area (Å²) in [6.07, 6.45) is 12.5. The molecule has 0 spiro atoms. The number of aliphatic imine (C=N–C) groups is 1. The Kier molecular flexibility index (Phi) is 5.60. The molecule has 1 amide bonds. The lowest BCUT2D eigenvalue weighted by molar-refractivity contribution is -0.125. The molecule has 7 rings (SSSR count). The van der Waals surface area contributed by atoms with Gasteiger partial charge in [-0.2, -0.15) is 0 Å². The summed E-state index contributed by atoms with van der Waals surface area (Å²) in [5.41, 5.74) is 8.07. The molecule has 5 aliphatic rings. The van der Waals surface area contributed by atoms with E-state index in [1.165, 1.54) is 43.2 Å². The molecule has 3 fully saturated rings. The molecule has 4 nitrogen and oxygen atoms in total. The highest BCUT2D eigenvalue weighted by atomic mass is 16.1. The van der Waals surface area contributed by atoms with Crippen LogP contribution < -0.4 is 5.73 Å². The normalized spacial score (nSPS) is 32.2. The van der Waals surface area contributed by atoms with Crippen molar-refractivity contribution in [3.05, 3.63) is 71.8 Å². The third kappa shape index (κ3) is 3.62. The average Bonchev–Trinajstić information content (AvgIpc) is 3.05. The Hall–Kier alpha value is -2.46. The van der Waals surface area contributed by atoms with E-state index in [0.29, 0.717) is 17.9 Å². The monoisotopic (exact) mass is 455 g/mol. The van der Waals surface area contributed by atoms with Crippen molar-refractivity contribution in [1.82, 2.24) is 4.90 Å². The van der Waals surface area contributed by atoms with E-state index >= 15 is 0 Å². The van der Waals surface area contributed by atoms with Gasteiger partial charge in [0.15, 0.2) is 0 Å². The summed E-state index contributed by atoms with van der Waals surface area (Å²) < 4.78 is 0. The number of hydrogen-bond acceptors (Lipinski definition) is 3. The predicted octanol–water partition coefficient (Wildman–Crippen LogP) is 4.81. The molecule has 34 heavy (non-hydrogen) atoms. The zero-order valence-electron chi connectivity index (χ0n) is 20.1. The van der Waals surface area contributed by atoms with E-state index in [4.69, 9.17) is 10.7 Å². The van der Waals surface area contributed by atoms with Gasteiger partial charge in [-0.15, -0.1) is 0 Å². The first kappa shape index (κ1) is 22.0. The summed E-state index contributed by atoms with van der Waals surface area (Å²) >= 11 is 0. The van der Waals surface area contributed by atoms with Gasteiger partial charge in [-0.1, -0.05) is 79.9 Å². The van der Waals surface area contributed by atoms with Gasteiger partial charge in [-0.25, -0.2) is 0 Å². The van der Waals surface area contributed by atoms with Crippen LogP contribution >= 0.6 is 0 Å². The molecule has 0 aromatic heterocycles. The quantitative estimate of drug-likeness (QED) is 0.651. The van der Waals surface area contributed by atoms with Crippen LogP contribution in [0, 0.1) is 17.8 Å². The summed E-state index contributed by atoms with van der Waals surface area (Å²) in [5.74, 6) is 1.32. The first-order chi connectivity index (χ1) is 16.6. The van der Waals surface area contributed by atoms with E-state index in [9.17, 15) is 4.79 Å². The van der Waals surface area contributed by atoms with Gasteiger partial charge in [0, 0.05) is 30.3 Å². The second-order valence-electron chi connectivity index (χ2n) is 11.4. The maximum absolute atomic E-state index is 12.8. The third-order valence-electron chi connectivity index (χ3n) is 9.51. The summed E-state index contributed by atoms with van der Waals surface area (Å²) in [7, 11) is 0. The average molecular weight is 456 g/mol. The smallest absolute Gasteiger partial charge is 0.245 e. The molecule has 178 valence electrons. The van der Waals surface area contributed by atoms with Crippen LogP contribution in [0.1, 0.15) is 56.1 Å². The van der Waals surface area contributed by atoms with Gasteiger partial charge in [0.1, 0.15) is 5.54 Å². The molecule has 2 saturated carbocycles. The van der Waals surface area contributed by atoms with Crippen LogP contribution in [-0.4, -0.2) is 40.7 Å². The number of carbonyl (C=O) groups excluding carboxylic acids is 1. The number of likely N-dealkylation sites (tertiary alicyclic amines) is 1. The fraction of sp³-hybridized carbons (Fsp3) is 0.533. The summed E-state index contributed by atoms with van der Waals surface area (Å²) in [6.45, 7) is 1.14. The number of hydrogen-bond donors (Lipinski definition) is 1. The van der Waals surface area contributed by atoms with Crippen LogP contribution in [-0.2, 0) is 17.6 Å².